The van der Waals surface area contributed by atoms with Crippen molar-refractivity contribution in [2.75, 3.05) is 13.6 Å². The first-order valence-corrected chi connectivity index (χ1v) is 5.11. The minimum Gasteiger partial charge on any atom is -0.365 e. The molecule has 0 aliphatic heterocycles. The van der Waals surface area contributed by atoms with Gasteiger partial charge >= 0.3 is 0 Å². The highest BCUT2D eigenvalue weighted by molar-refractivity contribution is 5.96. The zero-order chi connectivity index (χ0) is 12.0. The molecule has 88 valence electrons. The van der Waals surface area contributed by atoms with Crippen molar-refractivity contribution >= 4 is 11.7 Å². The fourth-order valence-corrected chi connectivity index (χ4v) is 1.09. The number of H-pyrrole nitrogens is 1. The minimum absolute atomic E-state index is 0.243. The zero-order valence-electron chi connectivity index (χ0n) is 9.47. The van der Waals surface area contributed by atoms with Crippen LogP contribution in [0.2, 0.25) is 0 Å². The molecule has 0 atom stereocenters. The van der Waals surface area contributed by atoms with E-state index in [4.69, 9.17) is 5.73 Å². The average molecular weight is 224 g/mol. The van der Waals surface area contributed by atoms with Gasteiger partial charge in [-0.1, -0.05) is 18.6 Å². The van der Waals surface area contributed by atoms with Gasteiger partial charge < -0.3 is 5.73 Å². The number of hydrogen-bond acceptors (Lipinski definition) is 4. The monoisotopic (exact) mass is 224 g/mol. The molecular formula is C9H16N6O. The van der Waals surface area contributed by atoms with Gasteiger partial charge in [-0.05, 0) is 6.42 Å². The summed E-state index contributed by atoms with van der Waals surface area (Å²) in [4.78, 5) is 10.9. The Morgan fingerprint density at radius 2 is 2.44 bits per heavy atom. The summed E-state index contributed by atoms with van der Waals surface area (Å²) in [6.45, 7) is 2.92. The Balaban J connectivity index is 2.61. The molecular weight excluding hydrogens is 208 g/mol. The fourth-order valence-electron chi connectivity index (χ4n) is 1.09. The number of carbonyl (C=O) groups is 1. The Labute approximate surface area is 93.7 Å². The lowest BCUT2D eigenvalue weighted by molar-refractivity contribution is 0.100. The Morgan fingerprint density at radius 3 is 3.06 bits per heavy atom. The number of nitrogens with one attached hydrogen (secondary N) is 1. The van der Waals surface area contributed by atoms with Gasteiger partial charge in [0.15, 0.2) is 5.82 Å². The molecule has 0 aliphatic rings. The van der Waals surface area contributed by atoms with Crippen molar-refractivity contribution in [3.8, 4) is 0 Å². The van der Waals surface area contributed by atoms with Crippen LogP contribution in [0.4, 0.5) is 5.82 Å². The van der Waals surface area contributed by atoms with E-state index in [0.717, 1.165) is 19.4 Å². The smallest absolute Gasteiger partial charge is 0.254 e. The predicted molar refractivity (Wildman–Crippen MR) is 59.2 cm³/mol. The van der Waals surface area contributed by atoms with Gasteiger partial charge in [-0.3, -0.25) is 14.9 Å². The molecule has 0 unspecified atom stereocenters. The molecule has 0 aromatic carbocycles. The minimum atomic E-state index is -0.570. The molecule has 1 aromatic rings. The lowest BCUT2D eigenvalue weighted by Crippen LogP contribution is -2.12. The van der Waals surface area contributed by atoms with Gasteiger partial charge in [0, 0.05) is 13.6 Å². The zero-order valence-corrected chi connectivity index (χ0v) is 9.47. The van der Waals surface area contributed by atoms with E-state index in [1.165, 1.54) is 6.20 Å². The number of primary amides is 1. The maximum absolute atomic E-state index is 10.9. The van der Waals surface area contributed by atoms with Crippen LogP contribution in [0.15, 0.2) is 16.5 Å². The van der Waals surface area contributed by atoms with Gasteiger partial charge in [0.05, 0.1) is 6.20 Å². The maximum Gasteiger partial charge on any atom is 0.254 e. The van der Waals surface area contributed by atoms with Crippen molar-refractivity contribution < 1.29 is 4.79 Å². The normalized spacial score (nSPS) is 10.9. The predicted octanol–water partition coefficient (Wildman–Crippen LogP) is 1.24. The van der Waals surface area contributed by atoms with Crippen molar-refractivity contribution in [1.82, 2.24) is 15.2 Å². The molecule has 1 rings (SSSR count). The summed E-state index contributed by atoms with van der Waals surface area (Å²) in [7, 11) is 1.82. The van der Waals surface area contributed by atoms with Crippen LogP contribution in [-0.4, -0.2) is 34.7 Å². The van der Waals surface area contributed by atoms with Crippen LogP contribution in [0.3, 0.4) is 0 Å². The molecule has 1 heterocycles. The molecule has 0 bridgehead atoms. The number of aromatic amines is 1. The van der Waals surface area contributed by atoms with Crippen LogP contribution < -0.4 is 5.73 Å². The van der Waals surface area contributed by atoms with E-state index in [1.54, 1.807) is 5.01 Å². The topological polar surface area (TPSA) is 99.7 Å². The van der Waals surface area contributed by atoms with E-state index in [1.807, 2.05) is 7.05 Å². The SMILES string of the molecule is CCCCN(C)N=Nc1[nH]ncc1C(N)=O. The summed E-state index contributed by atoms with van der Waals surface area (Å²) in [6.07, 6.45) is 3.47. The third kappa shape index (κ3) is 3.34. The highest BCUT2D eigenvalue weighted by Crippen LogP contribution is 2.14. The van der Waals surface area contributed by atoms with Crippen LogP contribution in [-0.2, 0) is 0 Å². The van der Waals surface area contributed by atoms with Crippen molar-refractivity contribution in [2.24, 2.45) is 16.1 Å². The third-order valence-electron chi connectivity index (χ3n) is 2.02. The molecule has 16 heavy (non-hydrogen) atoms. The van der Waals surface area contributed by atoms with E-state index < -0.39 is 5.91 Å². The number of carbonyl (C=O) groups excluding carboxylic acids is 1. The van der Waals surface area contributed by atoms with Gasteiger partial charge in [0.25, 0.3) is 5.91 Å². The van der Waals surface area contributed by atoms with E-state index in [2.05, 4.69) is 27.5 Å². The standard InChI is InChI=1S/C9H16N6O/c1-3-4-5-15(2)14-13-9-7(8(10)16)6-11-12-9/h6H,3-5H2,1-2H3,(H2,10,16)(H,11,12). The van der Waals surface area contributed by atoms with Crippen molar-refractivity contribution in [3.05, 3.63) is 11.8 Å². The molecule has 0 radical (unpaired) electrons. The highest BCUT2D eigenvalue weighted by atomic mass is 16.1. The van der Waals surface area contributed by atoms with Crippen molar-refractivity contribution in [1.29, 1.82) is 0 Å². The number of hydrogen-bond donors (Lipinski definition) is 2. The fraction of sp³-hybridized carbons (Fsp3) is 0.556. The Kier molecular flexibility index (Phi) is 4.43. The Bertz CT molecular complexity index is 372. The number of unbranched alkanes of at least 4 members (excludes halogenated alkanes) is 1. The number of nitrogens with zero attached hydrogens (tertiary/aromatic N) is 4. The van der Waals surface area contributed by atoms with Crippen LogP contribution >= 0.6 is 0 Å². The molecule has 3 N–H and O–H groups in total. The van der Waals surface area contributed by atoms with Gasteiger partial charge in [0.2, 0.25) is 0 Å². The van der Waals surface area contributed by atoms with Gasteiger partial charge in [-0.25, -0.2) is 0 Å². The summed E-state index contributed by atoms with van der Waals surface area (Å²) < 4.78 is 0. The van der Waals surface area contributed by atoms with Crippen LogP contribution in [0, 0.1) is 0 Å². The number of nitrogens with two attached hydrogens (primary N) is 1. The molecule has 1 aromatic heterocycles. The highest BCUT2D eigenvalue weighted by Gasteiger charge is 2.09. The Morgan fingerprint density at radius 1 is 1.69 bits per heavy atom. The summed E-state index contributed by atoms with van der Waals surface area (Å²) in [5.74, 6) is -0.283. The summed E-state index contributed by atoms with van der Waals surface area (Å²) in [5.41, 5.74) is 5.37. The Hall–Kier alpha value is -1.92. The molecule has 7 heteroatoms. The van der Waals surface area contributed by atoms with Crippen LogP contribution in [0.25, 0.3) is 0 Å². The van der Waals surface area contributed by atoms with E-state index >= 15 is 0 Å². The molecule has 0 spiro atoms. The van der Waals surface area contributed by atoms with Gasteiger partial charge in [-0.15, -0.1) is 5.11 Å². The lowest BCUT2D eigenvalue weighted by atomic mass is 10.3. The molecule has 0 saturated carbocycles. The first-order chi connectivity index (χ1) is 7.65. The van der Waals surface area contributed by atoms with Crippen molar-refractivity contribution in [3.63, 3.8) is 0 Å². The summed E-state index contributed by atoms with van der Waals surface area (Å²) >= 11 is 0. The van der Waals surface area contributed by atoms with E-state index in [0.29, 0.717) is 0 Å². The molecule has 0 aliphatic carbocycles. The second-order valence-electron chi connectivity index (χ2n) is 3.42. The molecule has 1 amide bonds. The van der Waals surface area contributed by atoms with Gasteiger partial charge in [-0.2, -0.15) is 5.10 Å². The summed E-state index contributed by atoms with van der Waals surface area (Å²) in [6, 6.07) is 0. The van der Waals surface area contributed by atoms with E-state index in [9.17, 15) is 4.79 Å². The maximum atomic E-state index is 10.9. The first-order valence-electron chi connectivity index (χ1n) is 5.11. The average Bonchev–Trinajstić information content (AvgIpc) is 2.71. The molecule has 0 fully saturated rings. The second-order valence-corrected chi connectivity index (χ2v) is 3.42. The van der Waals surface area contributed by atoms with E-state index in [-0.39, 0.29) is 11.4 Å². The third-order valence-corrected chi connectivity index (χ3v) is 2.02. The van der Waals surface area contributed by atoms with Crippen molar-refractivity contribution in [2.45, 2.75) is 19.8 Å². The molecule has 7 nitrogen and oxygen atoms in total. The summed E-state index contributed by atoms with van der Waals surface area (Å²) in [5, 5.41) is 15.7. The number of aromatic nitrogens is 2. The van der Waals surface area contributed by atoms with Gasteiger partial charge in [0.1, 0.15) is 5.56 Å². The lowest BCUT2D eigenvalue weighted by Gasteiger charge is -2.09. The first kappa shape index (κ1) is 12.2. The van der Waals surface area contributed by atoms with Crippen LogP contribution in [0.1, 0.15) is 30.1 Å². The molecule has 0 saturated heterocycles. The second kappa shape index (κ2) is 5.84. The quantitative estimate of drug-likeness (QED) is 0.561. The number of rotatable bonds is 6. The van der Waals surface area contributed by atoms with Crippen LogP contribution in [0.5, 0.6) is 0 Å². The largest absolute Gasteiger partial charge is 0.365 e. The number of amides is 1.